The number of rotatable bonds is 4. The molecule has 0 aromatic carbocycles. The van der Waals surface area contributed by atoms with Gasteiger partial charge in [-0.1, -0.05) is 6.92 Å². The first-order valence-electron chi connectivity index (χ1n) is 4.61. The van der Waals surface area contributed by atoms with E-state index in [1.165, 1.54) is 6.42 Å². The van der Waals surface area contributed by atoms with Crippen LogP contribution in [0.25, 0.3) is 0 Å². The third-order valence-electron chi connectivity index (χ3n) is 2.78. The Morgan fingerprint density at radius 2 is 2.18 bits per heavy atom. The first kappa shape index (κ1) is 9.01. The van der Waals surface area contributed by atoms with Crippen molar-refractivity contribution in [2.75, 3.05) is 6.61 Å². The molecule has 1 fully saturated rings. The monoisotopic (exact) mass is 157 g/mol. The van der Waals surface area contributed by atoms with Gasteiger partial charge < -0.3 is 10.4 Å². The molecular formula is C9H19NO. The van der Waals surface area contributed by atoms with E-state index in [2.05, 4.69) is 19.2 Å². The molecule has 0 heterocycles. The summed E-state index contributed by atoms with van der Waals surface area (Å²) in [7, 11) is 0. The molecule has 11 heavy (non-hydrogen) atoms. The fourth-order valence-corrected chi connectivity index (χ4v) is 1.58. The van der Waals surface area contributed by atoms with E-state index >= 15 is 0 Å². The van der Waals surface area contributed by atoms with Crippen molar-refractivity contribution in [1.29, 1.82) is 0 Å². The number of hydrogen-bond donors (Lipinski definition) is 2. The molecule has 0 saturated heterocycles. The summed E-state index contributed by atoms with van der Waals surface area (Å²) >= 11 is 0. The Balaban J connectivity index is 2.32. The number of nitrogens with one attached hydrogen (secondary N) is 1. The lowest BCUT2D eigenvalue weighted by atomic mass is 9.77. The van der Waals surface area contributed by atoms with E-state index < -0.39 is 0 Å². The molecule has 1 aliphatic carbocycles. The highest BCUT2D eigenvalue weighted by Crippen LogP contribution is 2.31. The molecule has 1 rings (SSSR count). The van der Waals surface area contributed by atoms with Gasteiger partial charge in [-0.25, -0.2) is 0 Å². The maximum Gasteiger partial charge on any atom is 0.0613 e. The quantitative estimate of drug-likeness (QED) is 0.644. The highest BCUT2D eigenvalue weighted by atomic mass is 16.3. The van der Waals surface area contributed by atoms with Crippen molar-refractivity contribution in [1.82, 2.24) is 5.32 Å². The van der Waals surface area contributed by atoms with Crippen LogP contribution < -0.4 is 5.32 Å². The Morgan fingerprint density at radius 3 is 2.45 bits per heavy atom. The molecule has 0 spiro atoms. The lowest BCUT2D eigenvalue weighted by Gasteiger charge is -2.43. The normalized spacial score (nSPS) is 24.3. The molecule has 0 aromatic rings. The molecule has 1 atom stereocenters. The average Bonchev–Trinajstić information content (AvgIpc) is 1.96. The number of hydrogen-bond acceptors (Lipinski definition) is 2. The van der Waals surface area contributed by atoms with Crippen molar-refractivity contribution in [3.05, 3.63) is 0 Å². The third kappa shape index (κ3) is 1.94. The third-order valence-corrected chi connectivity index (χ3v) is 2.78. The summed E-state index contributed by atoms with van der Waals surface area (Å²) in [5, 5.41) is 12.6. The Hall–Kier alpha value is -0.0800. The van der Waals surface area contributed by atoms with Crippen molar-refractivity contribution in [3.8, 4) is 0 Å². The molecule has 1 aliphatic rings. The van der Waals surface area contributed by atoms with Crippen LogP contribution in [0, 0.1) is 0 Å². The van der Waals surface area contributed by atoms with Crippen LogP contribution in [0.15, 0.2) is 0 Å². The highest BCUT2D eigenvalue weighted by molar-refractivity contribution is 4.96. The van der Waals surface area contributed by atoms with Crippen LogP contribution in [0.1, 0.15) is 39.5 Å². The molecule has 0 aliphatic heterocycles. The minimum absolute atomic E-state index is 0.0927. The van der Waals surface area contributed by atoms with Crippen LogP contribution in [0.2, 0.25) is 0 Å². The Kier molecular flexibility index (Phi) is 2.90. The summed E-state index contributed by atoms with van der Waals surface area (Å²) in [6.07, 6.45) is 4.70. The van der Waals surface area contributed by atoms with Gasteiger partial charge in [-0.15, -0.1) is 0 Å². The van der Waals surface area contributed by atoms with E-state index in [0.29, 0.717) is 12.6 Å². The maximum absolute atomic E-state index is 9.12. The van der Waals surface area contributed by atoms with Gasteiger partial charge in [0.25, 0.3) is 0 Å². The second-order valence-electron chi connectivity index (χ2n) is 3.75. The summed E-state index contributed by atoms with van der Waals surface area (Å²) in [4.78, 5) is 0. The molecule has 0 amide bonds. The summed E-state index contributed by atoms with van der Waals surface area (Å²) < 4.78 is 0. The SMILES string of the molecule is CCC(C)NC1(CO)CCC1. The van der Waals surface area contributed by atoms with Crippen molar-refractivity contribution in [3.63, 3.8) is 0 Å². The van der Waals surface area contributed by atoms with E-state index in [0.717, 1.165) is 19.3 Å². The van der Waals surface area contributed by atoms with Gasteiger partial charge in [-0.2, -0.15) is 0 Å². The zero-order valence-electron chi connectivity index (χ0n) is 7.56. The molecule has 0 bridgehead atoms. The minimum atomic E-state index is 0.0927. The van der Waals surface area contributed by atoms with Crippen LogP contribution in [0.4, 0.5) is 0 Å². The Bertz CT molecular complexity index is 115. The molecule has 2 N–H and O–H groups in total. The largest absolute Gasteiger partial charge is 0.394 e. The first-order valence-corrected chi connectivity index (χ1v) is 4.61. The second-order valence-corrected chi connectivity index (χ2v) is 3.75. The first-order chi connectivity index (χ1) is 5.22. The molecule has 0 aromatic heterocycles. The van der Waals surface area contributed by atoms with Crippen molar-refractivity contribution < 1.29 is 5.11 Å². The molecule has 66 valence electrons. The van der Waals surface area contributed by atoms with Gasteiger partial charge in [-0.05, 0) is 32.6 Å². The summed E-state index contributed by atoms with van der Waals surface area (Å²) in [5.41, 5.74) is 0.0927. The maximum atomic E-state index is 9.12. The van der Waals surface area contributed by atoms with Gasteiger partial charge in [0, 0.05) is 11.6 Å². The second kappa shape index (κ2) is 3.55. The smallest absolute Gasteiger partial charge is 0.0613 e. The van der Waals surface area contributed by atoms with Crippen molar-refractivity contribution >= 4 is 0 Å². The molecule has 1 saturated carbocycles. The van der Waals surface area contributed by atoms with E-state index in [1.54, 1.807) is 0 Å². The van der Waals surface area contributed by atoms with Crippen LogP contribution in [0.5, 0.6) is 0 Å². The van der Waals surface area contributed by atoms with Crippen LogP contribution in [0.3, 0.4) is 0 Å². The predicted molar refractivity (Wildman–Crippen MR) is 46.6 cm³/mol. The predicted octanol–water partition coefficient (Wildman–Crippen LogP) is 1.29. The molecular weight excluding hydrogens is 138 g/mol. The summed E-state index contributed by atoms with van der Waals surface area (Å²) in [6.45, 7) is 4.65. The van der Waals surface area contributed by atoms with Gasteiger partial charge in [0.2, 0.25) is 0 Å². The zero-order valence-corrected chi connectivity index (χ0v) is 7.56. The fourth-order valence-electron chi connectivity index (χ4n) is 1.58. The van der Waals surface area contributed by atoms with Crippen LogP contribution in [-0.4, -0.2) is 23.3 Å². The van der Waals surface area contributed by atoms with Crippen molar-refractivity contribution in [2.24, 2.45) is 0 Å². The average molecular weight is 157 g/mol. The van der Waals surface area contributed by atoms with E-state index in [-0.39, 0.29) is 5.54 Å². The van der Waals surface area contributed by atoms with E-state index in [1.807, 2.05) is 0 Å². The Morgan fingerprint density at radius 1 is 1.55 bits per heavy atom. The van der Waals surface area contributed by atoms with E-state index in [9.17, 15) is 0 Å². The van der Waals surface area contributed by atoms with Gasteiger partial charge in [0.15, 0.2) is 0 Å². The number of aliphatic hydroxyl groups is 1. The number of aliphatic hydroxyl groups excluding tert-OH is 1. The standard InChI is InChI=1S/C9H19NO/c1-3-8(2)10-9(7-11)5-4-6-9/h8,10-11H,3-7H2,1-2H3. The topological polar surface area (TPSA) is 32.3 Å². The van der Waals surface area contributed by atoms with Gasteiger partial charge in [0.05, 0.1) is 6.61 Å². The van der Waals surface area contributed by atoms with Crippen molar-refractivity contribution in [2.45, 2.75) is 51.1 Å². The van der Waals surface area contributed by atoms with E-state index in [4.69, 9.17) is 5.11 Å². The van der Waals surface area contributed by atoms with Gasteiger partial charge in [0.1, 0.15) is 0 Å². The molecule has 2 nitrogen and oxygen atoms in total. The van der Waals surface area contributed by atoms with Gasteiger partial charge >= 0.3 is 0 Å². The highest BCUT2D eigenvalue weighted by Gasteiger charge is 2.36. The Labute approximate surface area is 69.0 Å². The zero-order chi connectivity index (χ0) is 8.32. The minimum Gasteiger partial charge on any atom is -0.394 e. The molecule has 2 heteroatoms. The lowest BCUT2D eigenvalue weighted by molar-refractivity contribution is 0.0782. The molecule has 1 unspecified atom stereocenters. The van der Waals surface area contributed by atoms with Gasteiger partial charge in [-0.3, -0.25) is 0 Å². The van der Waals surface area contributed by atoms with Crippen LogP contribution >= 0.6 is 0 Å². The summed E-state index contributed by atoms with van der Waals surface area (Å²) in [5.74, 6) is 0. The molecule has 0 radical (unpaired) electrons. The fraction of sp³-hybridized carbons (Fsp3) is 1.00. The summed E-state index contributed by atoms with van der Waals surface area (Å²) in [6, 6.07) is 0.544. The van der Waals surface area contributed by atoms with Crippen LogP contribution in [-0.2, 0) is 0 Å². The lowest BCUT2D eigenvalue weighted by Crippen LogP contribution is -2.56.